The maximum atomic E-state index is 13.3. The highest BCUT2D eigenvalue weighted by atomic mass is 16.5. The van der Waals surface area contributed by atoms with E-state index >= 15 is 0 Å². The zero-order valence-corrected chi connectivity index (χ0v) is 20.2. The summed E-state index contributed by atoms with van der Waals surface area (Å²) in [6.45, 7) is 5.01. The molecule has 3 aromatic carbocycles. The van der Waals surface area contributed by atoms with Crippen molar-refractivity contribution in [2.24, 2.45) is 0 Å². The lowest BCUT2D eigenvalue weighted by Gasteiger charge is -2.25. The molecule has 1 unspecified atom stereocenters. The SMILES string of the molecule is CCCCOc1cccc(C(O)=C2C(=O)C(=O)N(Cc3ccccc3)C2c2ccc(CC)cc2)c1. The molecule has 0 aromatic heterocycles. The summed E-state index contributed by atoms with van der Waals surface area (Å²) in [5.41, 5.74) is 3.41. The van der Waals surface area contributed by atoms with Crippen LogP contribution in [-0.2, 0) is 22.6 Å². The number of carbonyl (C=O) groups is 2. The Labute approximate surface area is 206 Å². The van der Waals surface area contributed by atoms with Crippen LogP contribution in [0.1, 0.15) is 55.0 Å². The highest BCUT2D eigenvalue weighted by Crippen LogP contribution is 2.40. The minimum Gasteiger partial charge on any atom is -0.507 e. The van der Waals surface area contributed by atoms with E-state index in [1.165, 1.54) is 0 Å². The number of rotatable bonds is 9. The highest BCUT2D eigenvalue weighted by molar-refractivity contribution is 6.46. The molecule has 1 aliphatic heterocycles. The number of Topliss-reactive ketones (excluding diaryl/α,β-unsaturated/α-hetero) is 1. The average molecular weight is 470 g/mol. The first kappa shape index (κ1) is 24.3. The second-order valence-electron chi connectivity index (χ2n) is 8.74. The van der Waals surface area contributed by atoms with E-state index in [-0.39, 0.29) is 17.9 Å². The topological polar surface area (TPSA) is 66.8 Å². The van der Waals surface area contributed by atoms with Gasteiger partial charge in [0.1, 0.15) is 11.5 Å². The fourth-order valence-electron chi connectivity index (χ4n) is 4.33. The average Bonchev–Trinajstić information content (AvgIpc) is 3.14. The maximum Gasteiger partial charge on any atom is 0.295 e. The van der Waals surface area contributed by atoms with Gasteiger partial charge in [-0.15, -0.1) is 0 Å². The molecule has 0 saturated carbocycles. The number of hydrogen-bond acceptors (Lipinski definition) is 4. The molecule has 1 atom stereocenters. The Hall–Kier alpha value is -3.86. The van der Waals surface area contributed by atoms with Crippen LogP contribution < -0.4 is 4.74 Å². The van der Waals surface area contributed by atoms with Crippen molar-refractivity contribution < 1.29 is 19.4 Å². The number of benzene rings is 3. The Morgan fingerprint density at radius 3 is 2.34 bits per heavy atom. The van der Waals surface area contributed by atoms with E-state index in [2.05, 4.69) is 13.8 Å². The summed E-state index contributed by atoms with van der Waals surface area (Å²) in [6, 6.07) is 23.8. The lowest BCUT2D eigenvalue weighted by molar-refractivity contribution is -0.140. The number of ketones is 1. The number of unbranched alkanes of at least 4 members (excludes halogenated alkanes) is 1. The van der Waals surface area contributed by atoms with Crippen molar-refractivity contribution in [3.8, 4) is 5.75 Å². The largest absolute Gasteiger partial charge is 0.507 e. The fourth-order valence-corrected chi connectivity index (χ4v) is 4.33. The van der Waals surface area contributed by atoms with Crippen LogP contribution in [0, 0.1) is 0 Å². The summed E-state index contributed by atoms with van der Waals surface area (Å²) in [7, 11) is 0. The number of aliphatic hydroxyl groups is 1. The first-order valence-corrected chi connectivity index (χ1v) is 12.2. The van der Waals surface area contributed by atoms with E-state index < -0.39 is 17.7 Å². The van der Waals surface area contributed by atoms with Crippen LogP contribution in [0.15, 0.2) is 84.4 Å². The van der Waals surface area contributed by atoms with Crippen molar-refractivity contribution in [2.45, 2.75) is 45.7 Å². The summed E-state index contributed by atoms with van der Waals surface area (Å²) in [4.78, 5) is 28.0. The predicted molar refractivity (Wildman–Crippen MR) is 137 cm³/mol. The number of aliphatic hydroxyl groups excluding tert-OH is 1. The van der Waals surface area contributed by atoms with Crippen molar-refractivity contribution >= 4 is 17.4 Å². The van der Waals surface area contributed by atoms with Gasteiger partial charge in [-0.3, -0.25) is 9.59 Å². The molecular weight excluding hydrogens is 438 g/mol. The smallest absolute Gasteiger partial charge is 0.295 e. The molecule has 0 radical (unpaired) electrons. The molecular formula is C30H31NO4. The number of likely N-dealkylation sites (tertiary alicyclic amines) is 1. The number of carbonyl (C=O) groups excluding carboxylic acids is 2. The van der Waals surface area contributed by atoms with Crippen LogP contribution in [-0.4, -0.2) is 28.3 Å². The molecule has 0 bridgehead atoms. The van der Waals surface area contributed by atoms with Gasteiger partial charge in [-0.25, -0.2) is 0 Å². The molecule has 1 heterocycles. The second kappa shape index (κ2) is 11.0. The van der Waals surface area contributed by atoms with Gasteiger partial charge < -0.3 is 14.7 Å². The fraction of sp³-hybridized carbons (Fsp3) is 0.267. The Kier molecular flexibility index (Phi) is 7.66. The van der Waals surface area contributed by atoms with Crippen LogP contribution in [0.2, 0.25) is 0 Å². The Morgan fingerprint density at radius 2 is 1.66 bits per heavy atom. The molecule has 1 amide bonds. The van der Waals surface area contributed by atoms with E-state index in [1.54, 1.807) is 23.1 Å². The van der Waals surface area contributed by atoms with Crippen molar-refractivity contribution in [3.63, 3.8) is 0 Å². The minimum absolute atomic E-state index is 0.0980. The van der Waals surface area contributed by atoms with Gasteiger partial charge in [-0.05, 0) is 41.7 Å². The van der Waals surface area contributed by atoms with Gasteiger partial charge >= 0.3 is 0 Å². The van der Waals surface area contributed by atoms with E-state index in [0.29, 0.717) is 17.9 Å². The van der Waals surface area contributed by atoms with E-state index in [1.807, 2.05) is 60.7 Å². The molecule has 1 aliphatic rings. The molecule has 1 saturated heterocycles. The molecule has 0 aliphatic carbocycles. The Morgan fingerprint density at radius 1 is 0.914 bits per heavy atom. The summed E-state index contributed by atoms with van der Waals surface area (Å²) in [6.07, 6.45) is 2.82. The number of aryl methyl sites for hydroxylation is 1. The normalized spacial score (nSPS) is 17.1. The van der Waals surface area contributed by atoms with Gasteiger partial charge in [0.25, 0.3) is 11.7 Å². The monoisotopic (exact) mass is 469 g/mol. The van der Waals surface area contributed by atoms with Crippen LogP contribution >= 0.6 is 0 Å². The van der Waals surface area contributed by atoms with Gasteiger partial charge in [-0.1, -0.05) is 87.0 Å². The number of ether oxygens (including phenoxy) is 1. The Balaban J connectivity index is 1.78. The van der Waals surface area contributed by atoms with Crippen molar-refractivity contribution in [1.29, 1.82) is 0 Å². The molecule has 4 rings (SSSR count). The third-order valence-electron chi connectivity index (χ3n) is 6.31. The van der Waals surface area contributed by atoms with Crippen LogP contribution in [0.5, 0.6) is 5.75 Å². The molecule has 3 aromatic rings. The Bertz CT molecular complexity index is 1210. The lowest BCUT2D eigenvalue weighted by atomic mass is 9.94. The first-order chi connectivity index (χ1) is 17.0. The summed E-state index contributed by atoms with van der Waals surface area (Å²) < 4.78 is 5.79. The van der Waals surface area contributed by atoms with Crippen LogP contribution in [0.4, 0.5) is 0 Å². The molecule has 0 spiro atoms. The summed E-state index contributed by atoms with van der Waals surface area (Å²) in [5.74, 6) is -0.870. The summed E-state index contributed by atoms with van der Waals surface area (Å²) >= 11 is 0. The van der Waals surface area contributed by atoms with Gasteiger partial charge in [0.05, 0.1) is 18.2 Å². The minimum atomic E-state index is -0.689. The van der Waals surface area contributed by atoms with Crippen molar-refractivity contribution in [3.05, 3.63) is 107 Å². The summed E-state index contributed by atoms with van der Waals surface area (Å²) in [5, 5.41) is 11.3. The van der Waals surface area contributed by atoms with Crippen molar-refractivity contribution in [1.82, 2.24) is 4.90 Å². The second-order valence-corrected chi connectivity index (χ2v) is 8.74. The molecule has 180 valence electrons. The number of amides is 1. The highest BCUT2D eigenvalue weighted by Gasteiger charge is 2.46. The first-order valence-electron chi connectivity index (χ1n) is 12.2. The van der Waals surface area contributed by atoms with E-state index in [9.17, 15) is 14.7 Å². The zero-order valence-electron chi connectivity index (χ0n) is 20.2. The number of hydrogen-bond donors (Lipinski definition) is 1. The predicted octanol–water partition coefficient (Wildman–Crippen LogP) is 6.05. The zero-order chi connectivity index (χ0) is 24.8. The molecule has 5 nitrogen and oxygen atoms in total. The van der Waals surface area contributed by atoms with E-state index in [4.69, 9.17) is 4.74 Å². The van der Waals surface area contributed by atoms with Crippen LogP contribution in [0.25, 0.3) is 5.76 Å². The third-order valence-corrected chi connectivity index (χ3v) is 6.31. The third kappa shape index (κ3) is 5.29. The quantitative estimate of drug-likeness (QED) is 0.179. The molecule has 1 fully saturated rings. The van der Waals surface area contributed by atoms with Gasteiger partial charge in [-0.2, -0.15) is 0 Å². The van der Waals surface area contributed by atoms with Crippen molar-refractivity contribution in [2.75, 3.05) is 6.61 Å². The lowest BCUT2D eigenvalue weighted by Crippen LogP contribution is -2.29. The van der Waals surface area contributed by atoms with Crippen LogP contribution in [0.3, 0.4) is 0 Å². The standard InChI is InChI=1S/C30H31NO4/c1-3-5-18-35-25-13-9-12-24(19-25)28(32)26-27(23-16-14-21(4-2)15-17-23)31(30(34)29(26)33)20-22-10-7-6-8-11-22/h6-17,19,27,32H,3-5,18,20H2,1-2H3. The number of nitrogens with zero attached hydrogens (tertiary/aromatic N) is 1. The molecule has 35 heavy (non-hydrogen) atoms. The van der Waals surface area contributed by atoms with Gasteiger partial charge in [0, 0.05) is 12.1 Å². The van der Waals surface area contributed by atoms with Gasteiger partial charge in [0.2, 0.25) is 0 Å². The maximum absolute atomic E-state index is 13.3. The molecule has 1 N–H and O–H groups in total. The molecule has 5 heteroatoms. The van der Waals surface area contributed by atoms with E-state index in [0.717, 1.165) is 36.0 Å². The van der Waals surface area contributed by atoms with Gasteiger partial charge in [0.15, 0.2) is 0 Å².